The van der Waals surface area contributed by atoms with Crippen molar-refractivity contribution in [2.24, 2.45) is 5.10 Å². The second kappa shape index (κ2) is 7.16. The van der Waals surface area contributed by atoms with Crippen LogP contribution in [0.5, 0.6) is 0 Å². The molecule has 6 heteroatoms. The van der Waals surface area contributed by atoms with Crippen LogP contribution >= 0.6 is 23.2 Å². The summed E-state index contributed by atoms with van der Waals surface area (Å²) in [5.41, 5.74) is 2.54. The summed E-state index contributed by atoms with van der Waals surface area (Å²) < 4.78 is 1.70. The topological polar surface area (TPSA) is 33.4 Å². The third kappa shape index (κ3) is 3.45. The van der Waals surface area contributed by atoms with Crippen molar-refractivity contribution in [2.45, 2.75) is 52.1 Å². The standard InChI is InChI=1S/C18H22Cl2N4/c1-12-6-4-7-13(2)23(12)21-11-17-14(3)22-24(18(17)20)16-9-5-8-15(19)10-16/h5,8-13H,4,6-7H2,1-3H3/t12-,13+. The van der Waals surface area contributed by atoms with E-state index in [1.54, 1.807) is 4.68 Å². The van der Waals surface area contributed by atoms with Gasteiger partial charge in [-0.2, -0.15) is 10.2 Å². The SMILES string of the molecule is Cc1nn(-c2cccc(Cl)c2)c(Cl)c1C=NN1[C@H](C)CCC[C@@H]1C. The number of rotatable bonds is 3. The molecule has 1 aromatic carbocycles. The van der Waals surface area contributed by atoms with Gasteiger partial charge in [0.05, 0.1) is 23.2 Å². The molecule has 3 rings (SSSR count). The fourth-order valence-electron chi connectivity index (χ4n) is 3.20. The monoisotopic (exact) mass is 364 g/mol. The van der Waals surface area contributed by atoms with Crippen LogP contribution in [0.3, 0.4) is 0 Å². The van der Waals surface area contributed by atoms with Crippen LogP contribution in [0.25, 0.3) is 5.69 Å². The van der Waals surface area contributed by atoms with E-state index in [2.05, 4.69) is 24.0 Å². The van der Waals surface area contributed by atoms with Gasteiger partial charge in [0.25, 0.3) is 0 Å². The van der Waals surface area contributed by atoms with Gasteiger partial charge in [-0.05, 0) is 58.2 Å². The van der Waals surface area contributed by atoms with E-state index in [-0.39, 0.29) is 0 Å². The first-order chi connectivity index (χ1) is 11.5. The number of aromatic nitrogens is 2. The summed E-state index contributed by atoms with van der Waals surface area (Å²) >= 11 is 12.6. The van der Waals surface area contributed by atoms with E-state index in [4.69, 9.17) is 28.3 Å². The van der Waals surface area contributed by atoms with Crippen molar-refractivity contribution in [3.8, 4) is 5.69 Å². The molecule has 2 aromatic rings. The molecule has 2 heterocycles. The van der Waals surface area contributed by atoms with E-state index in [9.17, 15) is 0 Å². The third-order valence-electron chi connectivity index (χ3n) is 4.57. The molecule has 0 radical (unpaired) electrons. The van der Waals surface area contributed by atoms with Crippen molar-refractivity contribution < 1.29 is 0 Å². The van der Waals surface area contributed by atoms with E-state index in [1.807, 2.05) is 37.4 Å². The van der Waals surface area contributed by atoms with Gasteiger partial charge in [-0.3, -0.25) is 5.01 Å². The lowest BCUT2D eigenvalue weighted by Gasteiger charge is -2.36. The van der Waals surface area contributed by atoms with Crippen LogP contribution in [-0.4, -0.2) is 33.1 Å². The molecule has 4 nitrogen and oxygen atoms in total. The highest BCUT2D eigenvalue weighted by atomic mass is 35.5. The minimum atomic E-state index is 0.451. The quantitative estimate of drug-likeness (QED) is 0.711. The number of piperidine rings is 1. The minimum Gasteiger partial charge on any atom is -0.292 e. The van der Waals surface area contributed by atoms with Crippen LogP contribution < -0.4 is 0 Å². The molecule has 1 aliphatic rings. The Balaban J connectivity index is 1.91. The van der Waals surface area contributed by atoms with Crippen LogP contribution in [0.2, 0.25) is 10.2 Å². The van der Waals surface area contributed by atoms with Crippen molar-refractivity contribution >= 4 is 29.4 Å². The lowest BCUT2D eigenvalue weighted by atomic mass is 10.00. The Morgan fingerprint density at radius 1 is 1.21 bits per heavy atom. The average Bonchev–Trinajstić information content (AvgIpc) is 2.82. The fourth-order valence-corrected chi connectivity index (χ4v) is 3.70. The maximum atomic E-state index is 6.55. The minimum absolute atomic E-state index is 0.451. The van der Waals surface area contributed by atoms with Gasteiger partial charge in [0, 0.05) is 17.1 Å². The van der Waals surface area contributed by atoms with Crippen LogP contribution in [-0.2, 0) is 0 Å². The fraction of sp³-hybridized carbons (Fsp3) is 0.444. The molecule has 1 fully saturated rings. The van der Waals surface area contributed by atoms with Crippen molar-refractivity contribution in [3.05, 3.63) is 45.7 Å². The lowest BCUT2D eigenvalue weighted by Crippen LogP contribution is -2.39. The Bertz CT molecular complexity index is 743. The Labute approximate surface area is 153 Å². The Kier molecular flexibility index (Phi) is 5.16. The number of hydrogen-bond acceptors (Lipinski definition) is 3. The largest absolute Gasteiger partial charge is 0.292 e. The van der Waals surface area contributed by atoms with E-state index >= 15 is 0 Å². The van der Waals surface area contributed by atoms with Gasteiger partial charge in [-0.15, -0.1) is 0 Å². The summed E-state index contributed by atoms with van der Waals surface area (Å²) in [6.45, 7) is 6.38. The number of nitrogens with zero attached hydrogens (tertiary/aromatic N) is 4. The molecule has 1 aromatic heterocycles. The highest BCUT2D eigenvalue weighted by Gasteiger charge is 2.23. The average molecular weight is 365 g/mol. The molecule has 2 atom stereocenters. The number of aryl methyl sites for hydroxylation is 1. The molecule has 0 saturated carbocycles. The molecule has 1 aliphatic heterocycles. The van der Waals surface area contributed by atoms with Gasteiger partial charge in [0.1, 0.15) is 5.15 Å². The molecule has 0 amide bonds. The van der Waals surface area contributed by atoms with Gasteiger partial charge in [-0.25, -0.2) is 4.68 Å². The number of hydrazone groups is 1. The van der Waals surface area contributed by atoms with Crippen LogP contribution in [0.4, 0.5) is 0 Å². The molecule has 0 N–H and O–H groups in total. The predicted molar refractivity (Wildman–Crippen MR) is 101 cm³/mol. The smallest absolute Gasteiger partial charge is 0.142 e. The molecule has 128 valence electrons. The lowest BCUT2D eigenvalue weighted by molar-refractivity contribution is 0.109. The van der Waals surface area contributed by atoms with Crippen molar-refractivity contribution in [1.82, 2.24) is 14.8 Å². The van der Waals surface area contributed by atoms with E-state index in [1.165, 1.54) is 19.3 Å². The molecule has 0 aliphatic carbocycles. The van der Waals surface area contributed by atoms with E-state index in [0.717, 1.165) is 16.9 Å². The number of benzene rings is 1. The first-order valence-corrected chi connectivity index (χ1v) is 9.06. The van der Waals surface area contributed by atoms with E-state index in [0.29, 0.717) is 22.3 Å². The van der Waals surface area contributed by atoms with Crippen LogP contribution in [0, 0.1) is 6.92 Å². The normalized spacial score (nSPS) is 21.6. The highest BCUT2D eigenvalue weighted by molar-refractivity contribution is 6.32. The summed E-state index contributed by atoms with van der Waals surface area (Å²) in [5, 5.41) is 12.6. The maximum Gasteiger partial charge on any atom is 0.142 e. The Morgan fingerprint density at radius 2 is 1.92 bits per heavy atom. The zero-order valence-electron chi connectivity index (χ0n) is 14.2. The van der Waals surface area contributed by atoms with Gasteiger partial charge < -0.3 is 0 Å². The van der Waals surface area contributed by atoms with Gasteiger partial charge in [0.2, 0.25) is 0 Å². The molecule has 0 spiro atoms. The first-order valence-electron chi connectivity index (χ1n) is 8.30. The zero-order chi connectivity index (χ0) is 17.3. The van der Waals surface area contributed by atoms with Gasteiger partial charge in [-0.1, -0.05) is 29.3 Å². The first kappa shape index (κ1) is 17.3. The molecular formula is C18H22Cl2N4. The Hall–Kier alpha value is -1.52. The van der Waals surface area contributed by atoms with Gasteiger partial charge in [0.15, 0.2) is 0 Å². The molecule has 1 saturated heterocycles. The summed E-state index contributed by atoms with van der Waals surface area (Å²) in [6, 6.07) is 8.39. The third-order valence-corrected chi connectivity index (χ3v) is 5.17. The van der Waals surface area contributed by atoms with Crippen molar-refractivity contribution in [1.29, 1.82) is 0 Å². The second-order valence-electron chi connectivity index (χ2n) is 6.44. The zero-order valence-corrected chi connectivity index (χ0v) is 15.7. The van der Waals surface area contributed by atoms with E-state index < -0.39 is 0 Å². The Morgan fingerprint density at radius 3 is 2.58 bits per heavy atom. The van der Waals surface area contributed by atoms with Crippen LogP contribution in [0.15, 0.2) is 29.4 Å². The highest BCUT2D eigenvalue weighted by Crippen LogP contribution is 2.26. The molecule has 0 bridgehead atoms. The summed E-state index contributed by atoms with van der Waals surface area (Å²) in [4.78, 5) is 0. The molecule has 24 heavy (non-hydrogen) atoms. The van der Waals surface area contributed by atoms with Gasteiger partial charge >= 0.3 is 0 Å². The maximum absolute atomic E-state index is 6.55. The van der Waals surface area contributed by atoms with Crippen molar-refractivity contribution in [3.63, 3.8) is 0 Å². The van der Waals surface area contributed by atoms with Crippen LogP contribution in [0.1, 0.15) is 44.4 Å². The van der Waals surface area contributed by atoms with Crippen molar-refractivity contribution in [2.75, 3.05) is 0 Å². The molecule has 0 unspecified atom stereocenters. The summed E-state index contributed by atoms with van der Waals surface area (Å²) in [5.74, 6) is 0. The number of halogens is 2. The predicted octanol–water partition coefficient (Wildman–Crippen LogP) is 5.08. The summed E-state index contributed by atoms with van der Waals surface area (Å²) in [7, 11) is 0. The molecular weight excluding hydrogens is 343 g/mol. The summed E-state index contributed by atoms with van der Waals surface area (Å²) in [6.07, 6.45) is 5.46. The second-order valence-corrected chi connectivity index (χ2v) is 7.23. The number of hydrogen-bond donors (Lipinski definition) is 0.